The lowest BCUT2D eigenvalue weighted by Gasteiger charge is -2.09. The Hall–Kier alpha value is -3.34. The molecule has 0 bridgehead atoms. The molecule has 148 valence electrons. The molecule has 0 unspecified atom stereocenters. The summed E-state index contributed by atoms with van der Waals surface area (Å²) in [6.07, 6.45) is 0. The monoisotopic (exact) mass is 434 g/mol. The van der Waals surface area contributed by atoms with Crippen molar-refractivity contribution in [3.05, 3.63) is 106 Å². The molecule has 0 aliphatic carbocycles. The summed E-state index contributed by atoms with van der Waals surface area (Å²) < 4.78 is 0. The molecule has 6 heteroatoms. The van der Waals surface area contributed by atoms with Gasteiger partial charge in [0.15, 0.2) is 0 Å². The van der Waals surface area contributed by atoms with Gasteiger partial charge < -0.3 is 10.6 Å². The molecule has 4 aromatic carbocycles. The molecule has 2 amide bonds. The number of carbonyl (C=O) groups is 2. The summed E-state index contributed by atoms with van der Waals surface area (Å²) in [6.45, 7) is 0. The van der Waals surface area contributed by atoms with Crippen molar-refractivity contribution in [2.45, 2.75) is 0 Å². The SMILES string of the molecule is O=C(Nc1ccc(Cl)cc1)c1ccc2cc(C(=O)Nc3ccc(Cl)cc3)ccc2c1. The van der Waals surface area contributed by atoms with Crippen LogP contribution in [0.3, 0.4) is 0 Å². The largest absolute Gasteiger partial charge is 0.322 e. The number of hydrogen-bond acceptors (Lipinski definition) is 2. The van der Waals surface area contributed by atoms with E-state index in [0.29, 0.717) is 32.5 Å². The van der Waals surface area contributed by atoms with Crippen LogP contribution >= 0.6 is 23.2 Å². The van der Waals surface area contributed by atoms with Gasteiger partial charge in [0.2, 0.25) is 0 Å². The zero-order valence-corrected chi connectivity index (χ0v) is 17.2. The molecule has 4 aromatic rings. The Balaban J connectivity index is 1.51. The molecular formula is C24H16Cl2N2O2. The van der Waals surface area contributed by atoms with Crippen LogP contribution in [0.4, 0.5) is 11.4 Å². The molecule has 2 N–H and O–H groups in total. The second-order valence-electron chi connectivity index (χ2n) is 6.70. The van der Waals surface area contributed by atoms with Gasteiger partial charge >= 0.3 is 0 Å². The first-order valence-electron chi connectivity index (χ1n) is 9.16. The zero-order valence-electron chi connectivity index (χ0n) is 15.7. The quantitative estimate of drug-likeness (QED) is 0.377. The molecule has 4 rings (SSSR count). The van der Waals surface area contributed by atoms with Gasteiger partial charge in [0, 0.05) is 32.5 Å². The van der Waals surface area contributed by atoms with Crippen LogP contribution in [-0.4, -0.2) is 11.8 Å². The fourth-order valence-corrected chi connectivity index (χ4v) is 3.25. The molecule has 0 radical (unpaired) electrons. The molecule has 0 aliphatic rings. The minimum atomic E-state index is -0.219. The van der Waals surface area contributed by atoms with Crippen molar-refractivity contribution < 1.29 is 9.59 Å². The Morgan fingerprint density at radius 2 is 0.900 bits per heavy atom. The Morgan fingerprint density at radius 3 is 1.27 bits per heavy atom. The van der Waals surface area contributed by atoms with Crippen molar-refractivity contribution in [3.63, 3.8) is 0 Å². The van der Waals surface area contributed by atoms with Crippen LogP contribution < -0.4 is 10.6 Å². The molecule has 0 saturated carbocycles. The second-order valence-corrected chi connectivity index (χ2v) is 7.57. The van der Waals surface area contributed by atoms with Crippen LogP contribution in [0, 0.1) is 0 Å². The van der Waals surface area contributed by atoms with Crippen LogP contribution in [-0.2, 0) is 0 Å². The number of benzene rings is 4. The highest BCUT2D eigenvalue weighted by Crippen LogP contribution is 2.21. The van der Waals surface area contributed by atoms with Gasteiger partial charge in [0.25, 0.3) is 11.8 Å². The zero-order chi connectivity index (χ0) is 21.1. The first-order valence-corrected chi connectivity index (χ1v) is 9.91. The molecule has 4 nitrogen and oxygen atoms in total. The van der Waals surface area contributed by atoms with Gasteiger partial charge in [-0.2, -0.15) is 0 Å². The summed E-state index contributed by atoms with van der Waals surface area (Å²) in [5.41, 5.74) is 2.38. The number of hydrogen-bond donors (Lipinski definition) is 2. The summed E-state index contributed by atoms with van der Waals surface area (Å²) in [7, 11) is 0. The van der Waals surface area contributed by atoms with E-state index in [1.165, 1.54) is 0 Å². The van der Waals surface area contributed by atoms with Crippen LogP contribution in [0.25, 0.3) is 10.8 Å². The lowest BCUT2D eigenvalue weighted by atomic mass is 10.0. The van der Waals surface area contributed by atoms with E-state index in [1.807, 2.05) is 12.1 Å². The van der Waals surface area contributed by atoms with Gasteiger partial charge in [-0.1, -0.05) is 35.3 Å². The van der Waals surface area contributed by atoms with E-state index >= 15 is 0 Å². The van der Waals surface area contributed by atoms with Crippen molar-refractivity contribution in [3.8, 4) is 0 Å². The van der Waals surface area contributed by atoms with Gasteiger partial charge in [0.05, 0.1) is 0 Å². The number of carbonyl (C=O) groups excluding carboxylic acids is 2. The van der Waals surface area contributed by atoms with Gasteiger partial charge in [-0.25, -0.2) is 0 Å². The molecular weight excluding hydrogens is 419 g/mol. The molecule has 0 heterocycles. The molecule has 0 spiro atoms. The highest BCUT2D eigenvalue weighted by atomic mass is 35.5. The third-order valence-corrected chi connectivity index (χ3v) is 5.07. The predicted molar refractivity (Wildman–Crippen MR) is 123 cm³/mol. The van der Waals surface area contributed by atoms with Gasteiger partial charge in [-0.15, -0.1) is 0 Å². The summed E-state index contributed by atoms with van der Waals surface area (Å²) in [6, 6.07) is 24.5. The second kappa shape index (κ2) is 8.57. The highest BCUT2D eigenvalue weighted by Gasteiger charge is 2.10. The maximum Gasteiger partial charge on any atom is 0.255 e. The molecule has 0 atom stereocenters. The van der Waals surface area contributed by atoms with Gasteiger partial charge in [-0.3, -0.25) is 9.59 Å². The first kappa shape index (κ1) is 20.0. The van der Waals surface area contributed by atoms with Gasteiger partial charge in [-0.05, 0) is 83.6 Å². The van der Waals surface area contributed by atoms with Gasteiger partial charge in [0.1, 0.15) is 0 Å². The third kappa shape index (κ3) is 4.62. The lowest BCUT2D eigenvalue weighted by molar-refractivity contribution is 0.101. The minimum absolute atomic E-state index is 0.219. The highest BCUT2D eigenvalue weighted by molar-refractivity contribution is 6.31. The third-order valence-electron chi connectivity index (χ3n) is 4.57. The van der Waals surface area contributed by atoms with E-state index in [9.17, 15) is 9.59 Å². The number of amides is 2. The van der Waals surface area contributed by atoms with E-state index in [0.717, 1.165) is 10.8 Å². The van der Waals surface area contributed by atoms with Crippen molar-refractivity contribution in [1.29, 1.82) is 0 Å². The van der Waals surface area contributed by atoms with E-state index < -0.39 is 0 Å². The van der Waals surface area contributed by atoms with E-state index in [2.05, 4.69) is 10.6 Å². The molecule has 0 saturated heterocycles. The molecule has 30 heavy (non-hydrogen) atoms. The molecule has 0 aromatic heterocycles. The number of halogens is 2. The summed E-state index contributed by atoms with van der Waals surface area (Å²) in [5.74, 6) is -0.437. The first-order chi connectivity index (χ1) is 14.5. The topological polar surface area (TPSA) is 58.2 Å². The van der Waals surface area contributed by atoms with E-state index in [4.69, 9.17) is 23.2 Å². The fraction of sp³-hybridized carbons (Fsp3) is 0. The maximum atomic E-state index is 12.5. The maximum absolute atomic E-state index is 12.5. The smallest absolute Gasteiger partial charge is 0.255 e. The Bertz CT molecular complexity index is 1140. The normalized spacial score (nSPS) is 10.6. The van der Waals surface area contributed by atoms with E-state index in [-0.39, 0.29) is 11.8 Å². The van der Waals surface area contributed by atoms with Crippen molar-refractivity contribution in [2.24, 2.45) is 0 Å². The summed E-state index contributed by atoms with van der Waals surface area (Å²) >= 11 is 11.7. The number of fused-ring (bicyclic) bond motifs is 1. The molecule has 0 fully saturated rings. The Kier molecular flexibility index (Phi) is 5.70. The predicted octanol–water partition coefficient (Wildman–Crippen LogP) is 6.65. The Morgan fingerprint density at radius 1 is 0.533 bits per heavy atom. The van der Waals surface area contributed by atoms with Crippen LogP contribution in [0.5, 0.6) is 0 Å². The average Bonchev–Trinajstić information content (AvgIpc) is 2.76. The Labute approximate surface area is 183 Å². The molecule has 0 aliphatic heterocycles. The fourth-order valence-electron chi connectivity index (χ4n) is 3.00. The van der Waals surface area contributed by atoms with Crippen LogP contribution in [0.2, 0.25) is 10.0 Å². The van der Waals surface area contributed by atoms with E-state index in [1.54, 1.807) is 72.8 Å². The number of anilines is 2. The van der Waals surface area contributed by atoms with Crippen molar-refractivity contribution in [1.82, 2.24) is 0 Å². The van der Waals surface area contributed by atoms with Crippen LogP contribution in [0.1, 0.15) is 20.7 Å². The average molecular weight is 435 g/mol. The minimum Gasteiger partial charge on any atom is -0.322 e. The standard InChI is InChI=1S/C24H16Cl2N2O2/c25-19-5-9-21(10-6-19)27-23(29)17-3-1-15-13-18(4-2-16(15)14-17)24(30)28-22-11-7-20(26)8-12-22/h1-14H,(H,27,29)(H,28,30). The lowest BCUT2D eigenvalue weighted by Crippen LogP contribution is -2.12. The van der Waals surface area contributed by atoms with Crippen molar-refractivity contribution in [2.75, 3.05) is 10.6 Å². The number of nitrogens with one attached hydrogen (secondary N) is 2. The van der Waals surface area contributed by atoms with Crippen LogP contribution in [0.15, 0.2) is 84.9 Å². The number of rotatable bonds is 4. The summed E-state index contributed by atoms with van der Waals surface area (Å²) in [5, 5.41) is 8.62. The van der Waals surface area contributed by atoms with Crippen molar-refractivity contribution >= 4 is 57.2 Å². The summed E-state index contributed by atoms with van der Waals surface area (Å²) in [4.78, 5) is 25.1.